The smallest absolute Gasteiger partial charge is 0.338 e. The predicted octanol–water partition coefficient (Wildman–Crippen LogP) is 1.87. The topological polar surface area (TPSA) is 67.8 Å². The number of esters is 1. The van der Waals surface area contributed by atoms with Crippen LogP contribution in [-0.2, 0) is 9.53 Å². The van der Waals surface area contributed by atoms with Gasteiger partial charge >= 0.3 is 5.97 Å². The molecular formula is C15H16N2O3. The van der Waals surface area contributed by atoms with Crippen molar-refractivity contribution in [3.63, 3.8) is 0 Å². The Balaban J connectivity index is 1.64. The first-order valence-electron chi connectivity index (χ1n) is 6.85. The summed E-state index contributed by atoms with van der Waals surface area (Å²) in [5, 5.41) is 4.02. The van der Waals surface area contributed by atoms with Crippen LogP contribution in [0.4, 0.5) is 0 Å². The Bertz CT molecular complexity index is 559. The molecular weight excluding hydrogens is 256 g/mol. The molecule has 0 aromatic heterocycles. The van der Waals surface area contributed by atoms with E-state index in [2.05, 4.69) is 10.5 Å². The lowest BCUT2D eigenvalue weighted by molar-refractivity contribution is -0.121. The largest absolute Gasteiger partial charge is 0.462 e. The van der Waals surface area contributed by atoms with Crippen molar-refractivity contribution in [2.24, 2.45) is 11.0 Å². The minimum Gasteiger partial charge on any atom is -0.462 e. The van der Waals surface area contributed by atoms with Gasteiger partial charge in [0.1, 0.15) is 0 Å². The molecule has 1 amide bonds. The van der Waals surface area contributed by atoms with Gasteiger partial charge in [-0.15, -0.1) is 0 Å². The molecule has 20 heavy (non-hydrogen) atoms. The summed E-state index contributed by atoms with van der Waals surface area (Å²) in [7, 11) is 0. The van der Waals surface area contributed by atoms with Gasteiger partial charge in [-0.25, -0.2) is 10.2 Å². The predicted molar refractivity (Wildman–Crippen MR) is 73.4 cm³/mol. The minimum atomic E-state index is -0.276. The van der Waals surface area contributed by atoms with Crippen LogP contribution in [0.3, 0.4) is 0 Å². The number of nitrogens with one attached hydrogen (secondary N) is 1. The molecule has 0 saturated heterocycles. The average Bonchev–Trinajstić information content (AvgIpc) is 3.30. The highest BCUT2D eigenvalue weighted by Crippen LogP contribution is 2.29. The molecule has 1 aromatic rings. The van der Waals surface area contributed by atoms with Crippen molar-refractivity contribution < 1.29 is 14.3 Å². The fourth-order valence-corrected chi connectivity index (χ4v) is 2.04. The first kappa shape index (κ1) is 12.8. The SMILES string of the molecule is O=C1CCC(c2ccc(C(=O)OCC3CC3)cc2)=NN1. The van der Waals surface area contributed by atoms with Crippen LogP contribution in [-0.4, -0.2) is 24.2 Å². The maximum Gasteiger partial charge on any atom is 0.338 e. The molecule has 1 fully saturated rings. The third-order valence-corrected chi connectivity index (χ3v) is 3.51. The minimum absolute atomic E-state index is 0.0611. The molecule has 0 unspecified atom stereocenters. The van der Waals surface area contributed by atoms with Gasteiger partial charge < -0.3 is 4.74 Å². The van der Waals surface area contributed by atoms with E-state index in [-0.39, 0.29) is 11.9 Å². The highest BCUT2D eigenvalue weighted by atomic mass is 16.5. The normalized spacial score (nSPS) is 18.2. The Morgan fingerprint density at radius 1 is 1.25 bits per heavy atom. The number of amides is 1. The Morgan fingerprint density at radius 3 is 2.60 bits per heavy atom. The number of benzene rings is 1. The summed E-state index contributed by atoms with van der Waals surface area (Å²) in [6.07, 6.45) is 3.40. The molecule has 3 rings (SSSR count). The second-order valence-corrected chi connectivity index (χ2v) is 5.21. The summed E-state index contributed by atoms with van der Waals surface area (Å²) in [4.78, 5) is 22.8. The van der Waals surface area contributed by atoms with Crippen molar-refractivity contribution in [2.45, 2.75) is 25.7 Å². The number of hydrogen-bond acceptors (Lipinski definition) is 4. The standard InChI is InChI=1S/C15H16N2O3/c18-14-8-7-13(16-17-14)11-3-5-12(6-4-11)15(19)20-9-10-1-2-10/h3-6,10H,1-2,7-9H2,(H,17,18). The molecule has 104 valence electrons. The molecule has 5 heteroatoms. The molecule has 1 aliphatic heterocycles. The Morgan fingerprint density at radius 2 is 2.00 bits per heavy atom. The van der Waals surface area contributed by atoms with E-state index in [4.69, 9.17) is 4.74 Å². The summed E-state index contributed by atoms with van der Waals surface area (Å²) in [6.45, 7) is 0.527. The Kier molecular flexibility index (Phi) is 3.50. The van der Waals surface area contributed by atoms with Crippen molar-refractivity contribution in [1.29, 1.82) is 0 Å². The first-order valence-corrected chi connectivity index (χ1v) is 6.85. The van der Waals surface area contributed by atoms with Crippen LogP contribution in [0.25, 0.3) is 0 Å². The van der Waals surface area contributed by atoms with Gasteiger partial charge in [0, 0.05) is 12.8 Å². The van der Waals surface area contributed by atoms with Crippen molar-refractivity contribution in [3.05, 3.63) is 35.4 Å². The quantitative estimate of drug-likeness (QED) is 0.851. The maximum atomic E-state index is 11.8. The van der Waals surface area contributed by atoms with Crippen LogP contribution >= 0.6 is 0 Å². The highest BCUT2D eigenvalue weighted by Gasteiger charge is 2.23. The van der Waals surface area contributed by atoms with Crippen LogP contribution in [0, 0.1) is 5.92 Å². The number of carbonyl (C=O) groups excluding carboxylic acids is 2. The monoisotopic (exact) mass is 272 g/mol. The summed E-state index contributed by atoms with van der Waals surface area (Å²) in [5.74, 6) is 0.231. The van der Waals surface area contributed by atoms with Gasteiger partial charge in [0.15, 0.2) is 0 Å². The summed E-state index contributed by atoms with van der Waals surface area (Å²) in [5.41, 5.74) is 4.77. The van der Waals surface area contributed by atoms with Crippen molar-refractivity contribution in [1.82, 2.24) is 5.43 Å². The number of hydrazone groups is 1. The van der Waals surface area contributed by atoms with E-state index >= 15 is 0 Å². The number of nitrogens with zero attached hydrogens (tertiary/aromatic N) is 1. The zero-order valence-corrected chi connectivity index (χ0v) is 11.1. The van der Waals surface area contributed by atoms with E-state index < -0.39 is 0 Å². The molecule has 1 heterocycles. The second kappa shape index (κ2) is 5.45. The molecule has 1 aromatic carbocycles. The summed E-state index contributed by atoms with van der Waals surface area (Å²) < 4.78 is 5.23. The Hall–Kier alpha value is -2.17. The second-order valence-electron chi connectivity index (χ2n) is 5.21. The maximum absolute atomic E-state index is 11.8. The average molecular weight is 272 g/mol. The molecule has 0 radical (unpaired) electrons. The van der Waals surface area contributed by atoms with Crippen LogP contribution in [0.2, 0.25) is 0 Å². The fraction of sp³-hybridized carbons (Fsp3) is 0.400. The van der Waals surface area contributed by atoms with Gasteiger partial charge in [-0.1, -0.05) is 12.1 Å². The number of rotatable bonds is 4. The van der Waals surface area contributed by atoms with Gasteiger partial charge in [0.05, 0.1) is 17.9 Å². The van der Waals surface area contributed by atoms with E-state index in [0.717, 1.165) is 24.1 Å². The van der Waals surface area contributed by atoms with Crippen LogP contribution in [0.15, 0.2) is 29.4 Å². The van der Waals surface area contributed by atoms with Crippen molar-refractivity contribution in [3.8, 4) is 0 Å². The third kappa shape index (κ3) is 3.04. The van der Waals surface area contributed by atoms with Crippen LogP contribution < -0.4 is 5.43 Å². The molecule has 1 aliphatic carbocycles. The lowest BCUT2D eigenvalue weighted by atomic mass is 10.0. The van der Waals surface area contributed by atoms with Crippen molar-refractivity contribution in [2.75, 3.05) is 6.61 Å². The van der Waals surface area contributed by atoms with E-state index in [1.54, 1.807) is 12.1 Å². The fourth-order valence-electron chi connectivity index (χ4n) is 2.04. The van der Waals surface area contributed by atoms with E-state index in [1.807, 2.05) is 12.1 Å². The molecule has 0 spiro atoms. The highest BCUT2D eigenvalue weighted by molar-refractivity contribution is 6.04. The molecule has 0 bridgehead atoms. The van der Waals surface area contributed by atoms with E-state index in [0.29, 0.717) is 30.9 Å². The third-order valence-electron chi connectivity index (χ3n) is 3.51. The van der Waals surface area contributed by atoms with Gasteiger partial charge in [0.2, 0.25) is 5.91 Å². The number of carbonyl (C=O) groups is 2. The van der Waals surface area contributed by atoms with Crippen LogP contribution in [0.5, 0.6) is 0 Å². The summed E-state index contributed by atoms with van der Waals surface area (Å²) >= 11 is 0. The van der Waals surface area contributed by atoms with Gasteiger partial charge in [-0.3, -0.25) is 4.79 Å². The van der Waals surface area contributed by atoms with Gasteiger partial charge in [-0.2, -0.15) is 5.10 Å². The van der Waals surface area contributed by atoms with Gasteiger partial charge in [0.25, 0.3) is 0 Å². The van der Waals surface area contributed by atoms with Crippen LogP contribution in [0.1, 0.15) is 41.6 Å². The summed E-state index contributed by atoms with van der Waals surface area (Å²) in [6, 6.07) is 7.15. The van der Waals surface area contributed by atoms with Gasteiger partial charge in [-0.05, 0) is 36.5 Å². The molecule has 1 N–H and O–H groups in total. The first-order chi connectivity index (χ1) is 9.72. The molecule has 5 nitrogen and oxygen atoms in total. The zero-order chi connectivity index (χ0) is 13.9. The lowest BCUT2D eigenvalue weighted by Crippen LogP contribution is -2.25. The molecule has 1 saturated carbocycles. The Labute approximate surface area is 117 Å². The molecule has 2 aliphatic rings. The van der Waals surface area contributed by atoms with Crippen molar-refractivity contribution >= 4 is 17.6 Å². The lowest BCUT2D eigenvalue weighted by Gasteiger charge is -2.12. The number of hydrogen-bond donors (Lipinski definition) is 1. The van der Waals surface area contributed by atoms with E-state index in [1.165, 1.54) is 0 Å². The van der Waals surface area contributed by atoms with E-state index in [9.17, 15) is 9.59 Å². The zero-order valence-electron chi connectivity index (χ0n) is 11.1. The molecule has 0 atom stereocenters. The number of ether oxygens (including phenoxy) is 1.